The van der Waals surface area contributed by atoms with Gasteiger partial charge in [0.25, 0.3) is 0 Å². The number of aromatic nitrogens is 1. The first-order valence-electron chi connectivity index (χ1n) is 5.13. The lowest BCUT2D eigenvalue weighted by atomic mass is 9.88. The molecule has 0 fully saturated rings. The zero-order chi connectivity index (χ0) is 10.7. The molecule has 14 heavy (non-hydrogen) atoms. The third-order valence-corrected chi connectivity index (χ3v) is 2.81. The monoisotopic (exact) mass is 193 g/mol. The summed E-state index contributed by atoms with van der Waals surface area (Å²) in [5.41, 5.74) is 1.24. The van der Waals surface area contributed by atoms with Crippen molar-refractivity contribution in [3.63, 3.8) is 0 Å². The molecule has 78 valence electrons. The van der Waals surface area contributed by atoms with E-state index in [1.54, 1.807) is 6.92 Å². The van der Waals surface area contributed by atoms with E-state index in [2.05, 4.69) is 24.5 Å². The fraction of sp³-hybridized carbons (Fsp3) is 0.583. The third-order valence-electron chi connectivity index (χ3n) is 2.81. The highest BCUT2D eigenvalue weighted by Crippen LogP contribution is 2.18. The van der Waals surface area contributed by atoms with Crippen molar-refractivity contribution in [2.75, 3.05) is 0 Å². The van der Waals surface area contributed by atoms with Crippen LogP contribution in [0.4, 0.5) is 0 Å². The summed E-state index contributed by atoms with van der Waals surface area (Å²) in [7, 11) is 2.02. The highest BCUT2D eigenvalue weighted by atomic mass is 16.1. The summed E-state index contributed by atoms with van der Waals surface area (Å²) in [5, 5.41) is 0. The minimum Gasteiger partial charge on any atom is -0.354 e. The third kappa shape index (κ3) is 2.47. The summed E-state index contributed by atoms with van der Waals surface area (Å²) < 4.78 is 2.08. The molecule has 1 aromatic rings. The van der Waals surface area contributed by atoms with Crippen molar-refractivity contribution in [2.45, 2.75) is 27.2 Å². The van der Waals surface area contributed by atoms with Crippen molar-refractivity contribution in [1.29, 1.82) is 0 Å². The lowest BCUT2D eigenvalue weighted by Gasteiger charge is -2.17. The SMILES string of the molecule is CC(=O)C(Cc1cccn1C)C(C)C. The van der Waals surface area contributed by atoms with Crippen LogP contribution < -0.4 is 0 Å². The van der Waals surface area contributed by atoms with Crippen LogP contribution in [0.3, 0.4) is 0 Å². The summed E-state index contributed by atoms with van der Waals surface area (Å²) in [4.78, 5) is 11.4. The average molecular weight is 193 g/mol. The number of carbonyl (C=O) groups is 1. The van der Waals surface area contributed by atoms with Gasteiger partial charge in [-0.1, -0.05) is 13.8 Å². The molecule has 0 aromatic carbocycles. The standard InChI is InChI=1S/C12H19NO/c1-9(2)12(10(3)14)8-11-6-5-7-13(11)4/h5-7,9,12H,8H2,1-4H3. The molecule has 0 aliphatic rings. The summed E-state index contributed by atoms with van der Waals surface area (Å²) >= 11 is 0. The van der Waals surface area contributed by atoms with Gasteiger partial charge in [0.05, 0.1) is 0 Å². The Hall–Kier alpha value is -1.05. The molecule has 0 saturated heterocycles. The van der Waals surface area contributed by atoms with Crippen LogP contribution in [0.2, 0.25) is 0 Å². The molecule has 1 aromatic heterocycles. The number of hydrogen-bond acceptors (Lipinski definition) is 1. The average Bonchev–Trinajstić information content (AvgIpc) is 2.46. The van der Waals surface area contributed by atoms with E-state index < -0.39 is 0 Å². The molecule has 0 spiro atoms. The molecule has 1 atom stereocenters. The Morgan fingerprint density at radius 3 is 2.50 bits per heavy atom. The molecule has 1 rings (SSSR count). The van der Waals surface area contributed by atoms with Gasteiger partial charge in [0.1, 0.15) is 5.78 Å². The largest absolute Gasteiger partial charge is 0.354 e. The maximum Gasteiger partial charge on any atom is 0.133 e. The maximum atomic E-state index is 11.4. The molecule has 0 saturated carbocycles. The number of carbonyl (C=O) groups excluding carboxylic acids is 1. The van der Waals surface area contributed by atoms with E-state index in [0.717, 1.165) is 6.42 Å². The number of rotatable bonds is 4. The minimum absolute atomic E-state index is 0.156. The van der Waals surface area contributed by atoms with Crippen molar-refractivity contribution >= 4 is 5.78 Å². The Morgan fingerprint density at radius 2 is 2.14 bits per heavy atom. The van der Waals surface area contributed by atoms with E-state index in [-0.39, 0.29) is 5.92 Å². The molecule has 0 bridgehead atoms. The maximum absolute atomic E-state index is 11.4. The number of Topliss-reactive ketones (excluding diaryl/α,β-unsaturated/α-hetero) is 1. The molecule has 2 nitrogen and oxygen atoms in total. The van der Waals surface area contributed by atoms with Gasteiger partial charge in [0.15, 0.2) is 0 Å². The first-order chi connectivity index (χ1) is 6.52. The van der Waals surface area contributed by atoms with E-state index in [9.17, 15) is 4.79 Å². The van der Waals surface area contributed by atoms with Crippen LogP contribution in [0.5, 0.6) is 0 Å². The minimum atomic E-state index is 0.156. The molecule has 2 heteroatoms. The summed E-state index contributed by atoms with van der Waals surface area (Å²) in [5.74, 6) is 0.868. The van der Waals surface area contributed by atoms with Crippen LogP contribution in [0, 0.1) is 11.8 Å². The smallest absolute Gasteiger partial charge is 0.133 e. The second kappa shape index (κ2) is 4.45. The van der Waals surface area contributed by atoms with Gasteiger partial charge >= 0.3 is 0 Å². The molecule has 1 unspecified atom stereocenters. The summed E-state index contributed by atoms with van der Waals surface area (Å²) in [6, 6.07) is 4.10. The van der Waals surface area contributed by atoms with Gasteiger partial charge in [-0.2, -0.15) is 0 Å². The van der Waals surface area contributed by atoms with E-state index in [4.69, 9.17) is 0 Å². The Morgan fingerprint density at radius 1 is 1.50 bits per heavy atom. The number of ketones is 1. The molecule has 1 heterocycles. The normalized spacial score (nSPS) is 13.2. The predicted octanol–water partition coefficient (Wildman–Crippen LogP) is 2.43. The van der Waals surface area contributed by atoms with Crippen LogP contribution in [-0.4, -0.2) is 10.4 Å². The van der Waals surface area contributed by atoms with Crippen LogP contribution in [0.25, 0.3) is 0 Å². The summed E-state index contributed by atoms with van der Waals surface area (Å²) in [6.07, 6.45) is 2.88. The van der Waals surface area contributed by atoms with Crippen LogP contribution in [-0.2, 0) is 18.3 Å². The highest BCUT2D eigenvalue weighted by Gasteiger charge is 2.19. The van der Waals surface area contributed by atoms with Crippen molar-refractivity contribution in [3.05, 3.63) is 24.0 Å². The van der Waals surface area contributed by atoms with Crippen molar-refractivity contribution < 1.29 is 4.79 Å². The molecule has 0 radical (unpaired) electrons. The van der Waals surface area contributed by atoms with E-state index >= 15 is 0 Å². The van der Waals surface area contributed by atoms with E-state index in [0.29, 0.717) is 11.7 Å². The second-order valence-corrected chi connectivity index (χ2v) is 4.28. The first-order valence-corrected chi connectivity index (χ1v) is 5.13. The van der Waals surface area contributed by atoms with Crippen molar-refractivity contribution in [2.24, 2.45) is 18.9 Å². The summed E-state index contributed by atoms with van der Waals surface area (Å²) in [6.45, 7) is 5.90. The van der Waals surface area contributed by atoms with E-state index in [1.165, 1.54) is 5.69 Å². The molecule has 0 N–H and O–H groups in total. The lowest BCUT2D eigenvalue weighted by Crippen LogP contribution is -2.21. The van der Waals surface area contributed by atoms with Gasteiger partial charge in [-0.3, -0.25) is 4.79 Å². The van der Waals surface area contributed by atoms with Gasteiger partial charge in [-0.05, 0) is 31.4 Å². The van der Waals surface area contributed by atoms with Crippen molar-refractivity contribution in [3.8, 4) is 0 Å². The molecular formula is C12H19NO. The Balaban J connectivity index is 2.75. The Bertz CT molecular complexity index is 312. The van der Waals surface area contributed by atoms with Crippen LogP contribution >= 0.6 is 0 Å². The van der Waals surface area contributed by atoms with Crippen molar-refractivity contribution in [1.82, 2.24) is 4.57 Å². The van der Waals surface area contributed by atoms with Crippen LogP contribution in [0.1, 0.15) is 26.5 Å². The first kappa shape index (κ1) is 11.0. The molecular weight excluding hydrogens is 174 g/mol. The zero-order valence-electron chi connectivity index (χ0n) is 9.45. The molecule has 0 aliphatic carbocycles. The second-order valence-electron chi connectivity index (χ2n) is 4.28. The van der Waals surface area contributed by atoms with Gasteiger partial charge in [0.2, 0.25) is 0 Å². The fourth-order valence-electron chi connectivity index (χ4n) is 1.78. The number of hydrogen-bond donors (Lipinski definition) is 0. The molecule has 0 aliphatic heterocycles. The Kier molecular flexibility index (Phi) is 3.50. The lowest BCUT2D eigenvalue weighted by molar-refractivity contribution is -0.121. The van der Waals surface area contributed by atoms with Gasteiger partial charge in [-0.25, -0.2) is 0 Å². The van der Waals surface area contributed by atoms with Gasteiger partial charge < -0.3 is 4.57 Å². The van der Waals surface area contributed by atoms with E-state index in [1.807, 2.05) is 19.3 Å². The zero-order valence-corrected chi connectivity index (χ0v) is 9.45. The van der Waals surface area contributed by atoms with Gasteiger partial charge in [-0.15, -0.1) is 0 Å². The highest BCUT2D eigenvalue weighted by molar-refractivity contribution is 5.78. The fourth-order valence-corrected chi connectivity index (χ4v) is 1.78. The number of aryl methyl sites for hydroxylation is 1. The number of nitrogens with zero attached hydrogens (tertiary/aromatic N) is 1. The topological polar surface area (TPSA) is 22.0 Å². The van der Waals surface area contributed by atoms with Gasteiger partial charge in [0, 0.05) is 24.9 Å². The quantitative estimate of drug-likeness (QED) is 0.720. The molecule has 0 amide bonds. The van der Waals surface area contributed by atoms with Crippen LogP contribution in [0.15, 0.2) is 18.3 Å². The predicted molar refractivity (Wildman–Crippen MR) is 58.1 cm³/mol. The Labute approximate surface area is 85.9 Å².